The van der Waals surface area contributed by atoms with Crippen molar-refractivity contribution in [3.8, 4) is 0 Å². The fraction of sp³-hybridized carbons (Fsp3) is 0.750. The number of amides is 1. The van der Waals surface area contributed by atoms with Crippen LogP contribution in [0.15, 0.2) is 0 Å². The van der Waals surface area contributed by atoms with E-state index in [9.17, 15) is 18.0 Å². The molecule has 0 radical (unpaired) electrons. The summed E-state index contributed by atoms with van der Waals surface area (Å²) in [6, 6.07) is 0. The Morgan fingerprint density at radius 3 is 2.75 bits per heavy atom. The SMILES string of the molecule is CC(=O)SCC1CC(=O)N(CS(=O)(=O)O)C1. The summed E-state index contributed by atoms with van der Waals surface area (Å²) in [4.78, 5) is 23.2. The summed E-state index contributed by atoms with van der Waals surface area (Å²) < 4.78 is 29.8. The minimum atomic E-state index is -4.16. The predicted octanol–water partition coefficient (Wildman–Crippen LogP) is -0.0401. The lowest BCUT2D eigenvalue weighted by Crippen LogP contribution is -2.31. The number of hydrogen-bond acceptors (Lipinski definition) is 5. The molecule has 8 heteroatoms. The minimum absolute atomic E-state index is 0.0249. The molecule has 0 aromatic carbocycles. The van der Waals surface area contributed by atoms with Gasteiger partial charge in [-0.1, -0.05) is 11.8 Å². The molecule has 16 heavy (non-hydrogen) atoms. The molecule has 0 aliphatic carbocycles. The van der Waals surface area contributed by atoms with Gasteiger partial charge in [-0.15, -0.1) is 0 Å². The molecule has 6 nitrogen and oxygen atoms in total. The Hall–Kier alpha value is -0.600. The van der Waals surface area contributed by atoms with Crippen molar-refractivity contribution < 1.29 is 22.6 Å². The van der Waals surface area contributed by atoms with E-state index in [0.29, 0.717) is 5.75 Å². The van der Waals surface area contributed by atoms with Crippen LogP contribution in [0.4, 0.5) is 0 Å². The Kier molecular flexibility index (Phi) is 4.34. The zero-order valence-corrected chi connectivity index (χ0v) is 10.4. The number of hydrogen-bond donors (Lipinski definition) is 1. The van der Waals surface area contributed by atoms with Crippen LogP contribution in [0.1, 0.15) is 13.3 Å². The molecule has 0 aromatic heterocycles. The Bertz CT molecular complexity index is 391. The van der Waals surface area contributed by atoms with Crippen LogP contribution in [-0.2, 0) is 19.7 Å². The fourth-order valence-corrected chi connectivity index (χ4v) is 2.86. The number of carbonyl (C=O) groups excluding carboxylic acids is 2. The molecule has 1 N–H and O–H groups in total. The summed E-state index contributed by atoms with van der Waals surface area (Å²) in [7, 11) is -4.16. The van der Waals surface area contributed by atoms with Crippen molar-refractivity contribution in [2.24, 2.45) is 5.92 Å². The maximum absolute atomic E-state index is 11.4. The molecular formula is C8H13NO5S2. The average Bonchev–Trinajstić information content (AvgIpc) is 2.41. The van der Waals surface area contributed by atoms with Crippen molar-refractivity contribution in [1.29, 1.82) is 0 Å². The van der Waals surface area contributed by atoms with Crippen LogP contribution in [0.3, 0.4) is 0 Å². The van der Waals surface area contributed by atoms with Crippen molar-refractivity contribution in [2.45, 2.75) is 13.3 Å². The maximum Gasteiger partial charge on any atom is 0.283 e. The fourth-order valence-electron chi connectivity index (χ4n) is 1.52. The van der Waals surface area contributed by atoms with E-state index in [0.717, 1.165) is 16.7 Å². The summed E-state index contributed by atoms with van der Waals surface area (Å²) >= 11 is 1.12. The molecule has 1 aliphatic rings. The van der Waals surface area contributed by atoms with Gasteiger partial charge in [0.15, 0.2) is 5.12 Å². The molecule has 0 bridgehead atoms. The first-order valence-electron chi connectivity index (χ1n) is 4.64. The van der Waals surface area contributed by atoms with Crippen LogP contribution in [0.5, 0.6) is 0 Å². The van der Waals surface area contributed by atoms with E-state index < -0.39 is 16.0 Å². The van der Waals surface area contributed by atoms with E-state index in [4.69, 9.17) is 4.55 Å². The first-order valence-corrected chi connectivity index (χ1v) is 7.23. The molecule has 1 unspecified atom stereocenters. The number of thioether (sulfide) groups is 1. The molecule has 0 saturated carbocycles. The van der Waals surface area contributed by atoms with Crippen molar-refractivity contribution in [3.63, 3.8) is 0 Å². The lowest BCUT2D eigenvalue weighted by atomic mass is 10.1. The Balaban J connectivity index is 2.48. The van der Waals surface area contributed by atoms with Crippen LogP contribution in [-0.4, -0.2) is 47.1 Å². The topological polar surface area (TPSA) is 91.8 Å². The van der Waals surface area contributed by atoms with Gasteiger partial charge in [-0.25, -0.2) is 0 Å². The van der Waals surface area contributed by atoms with Crippen molar-refractivity contribution in [2.75, 3.05) is 18.2 Å². The minimum Gasteiger partial charge on any atom is -0.326 e. The average molecular weight is 267 g/mol. The summed E-state index contributed by atoms with van der Waals surface area (Å²) in [6.45, 7) is 1.72. The van der Waals surface area contributed by atoms with E-state index in [-0.39, 0.29) is 29.9 Å². The highest BCUT2D eigenvalue weighted by Gasteiger charge is 2.31. The summed E-state index contributed by atoms with van der Waals surface area (Å²) in [5, 5.41) is -0.0271. The van der Waals surface area contributed by atoms with Crippen molar-refractivity contribution >= 4 is 32.9 Å². The van der Waals surface area contributed by atoms with Gasteiger partial charge in [-0.2, -0.15) is 8.42 Å². The number of nitrogens with zero attached hydrogens (tertiary/aromatic N) is 1. The summed E-state index contributed by atoms with van der Waals surface area (Å²) in [5.74, 6) is -0.481. The normalized spacial score (nSPS) is 21.5. The van der Waals surface area contributed by atoms with Gasteiger partial charge in [0.1, 0.15) is 5.88 Å². The third kappa shape index (κ3) is 4.50. The second kappa shape index (κ2) is 5.15. The second-order valence-corrected chi connectivity index (χ2v) is 6.32. The van der Waals surface area contributed by atoms with E-state index in [2.05, 4.69) is 0 Å². The molecule has 1 saturated heterocycles. The lowest BCUT2D eigenvalue weighted by Gasteiger charge is -2.13. The molecule has 1 rings (SSSR count). The molecule has 1 atom stereocenters. The highest BCUT2D eigenvalue weighted by atomic mass is 32.2. The standard InChI is InChI=1S/C8H13NO5S2/c1-6(10)15-4-7-2-8(11)9(3-7)5-16(12,13)14/h7H,2-5H2,1H3,(H,12,13,14). The van der Waals surface area contributed by atoms with Gasteiger partial charge in [0.2, 0.25) is 5.91 Å². The molecular weight excluding hydrogens is 254 g/mol. The van der Waals surface area contributed by atoms with Gasteiger partial charge in [0, 0.05) is 25.6 Å². The van der Waals surface area contributed by atoms with Crippen LogP contribution in [0, 0.1) is 5.92 Å². The zero-order valence-electron chi connectivity index (χ0n) is 8.75. The molecule has 92 valence electrons. The van der Waals surface area contributed by atoms with E-state index >= 15 is 0 Å². The zero-order chi connectivity index (χ0) is 12.3. The monoisotopic (exact) mass is 267 g/mol. The van der Waals surface area contributed by atoms with E-state index in [1.165, 1.54) is 6.92 Å². The Morgan fingerprint density at radius 1 is 1.62 bits per heavy atom. The van der Waals surface area contributed by atoms with Gasteiger partial charge < -0.3 is 4.90 Å². The van der Waals surface area contributed by atoms with Crippen molar-refractivity contribution in [1.82, 2.24) is 4.90 Å². The Morgan fingerprint density at radius 2 is 2.25 bits per heavy atom. The molecule has 1 fully saturated rings. The largest absolute Gasteiger partial charge is 0.326 e. The molecule has 0 spiro atoms. The lowest BCUT2D eigenvalue weighted by molar-refractivity contribution is -0.127. The number of rotatable bonds is 4. The van der Waals surface area contributed by atoms with Gasteiger partial charge >= 0.3 is 0 Å². The van der Waals surface area contributed by atoms with Crippen molar-refractivity contribution in [3.05, 3.63) is 0 Å². The van der Waals surface area contributed by atoms with Crippen LogP contribution < -0.4 is 0 Å². The second-order valence-electron chi connectivity index (χ2n) is 3.70. The molecule has 1 amide bonds. The molecule has 1 heterocycles. The van der Waals surface area contributed by atoms with Crippen LogP contribution in [0.2, 0.25) is 0 Å². The Labute approximate surface area is 98.1 Å². The third-order valence-electron chi connectivity index (χ3n) is 2.14. The first-order chi connectivity index (χ1) is 7.28. The van der Waals surface area contributed by atoms with Gasteiger partial charge in [-0.05, 0) is 5.92 Å². The van der Waals surface area contributed by atoms with E-state index in [1.54, 1.807) is 0 Å². The third-order valence-corrected chi connectivity index (χ3v) is 3.82. The van der Waals surface area contributed by atoms with Gasteiger partial charge in [0.05, 0.1) is 0 Å². The van der Waals surface area contributed by atoms with Gasteiger partial charge in [-0.3, -0.25) is 14.1 Å². The summed E-state index contributed by atoms with van der Waals surface area (Å²) in [6.07, 6.45) is 0.232. The predicted molar refractivity (Wildman–Crippen MR) is 59.4 cm³/mol. The first kappa shape index (κ1) is 13.5. The smallest absolute Gasteiger partial charge is 0.283 e. The van der Waals surface area contributed by atoms with E-state index in [1.807, 2.05) is 0 Å². The van der Waals surface area contributed by atoms with Crippen LogP contribution in [0.25, 0.3) is 0 Å². The molecule has 1 aliphatic heterocycles. The highest BCUT2D eigenvalue weighted by Crippen LogP contribution is 2.22. The van der Waals surface area contributed by atoms with Gasteiger partial charge in [0.25, 0.3) is 10.1 Å². The maximum atomic E-state index is 11.4. The highest BCUT2D eigenvalue weighted by molar-refractivity contribution is 8.13. The molecule has 0 aromatic rings. The summed E-state index contributed by atoms with van der Waals surface area (Å²) in [5.41, 5.74) is 0. The number of likely N-dealkylation sites (tertiary alicyclic amines) is 1. The number of carbonyl (C=O) groups is 2. The quantitative estimate of drug-likeness (QED) is 0.719. The van der Waals surface area contributed by atoms with Crippen LogP contribution >= 0.6 is 11.8 Å².